The van der Waals surface area contributed by atoms with Gasteiger partial charge in [-0.1, -0.05) is 0 Å². The molecule has 18 heavy (non-hydrogen) atoms. The molecule has 0 unspecified atom stereocenters. The van der Waals surface area contributed by atoms with Crippen LogP contribution in [-0.4, -0.2) is 14.8 Å². The number of benzene rings is 1. The van der Waals surface area contributed by atoms with Gasteiger partial charge in [0.15, 0.2) is 0 Å². The summed E-state index contributed by atoms with van der Waals surface area (Å²) in [5, 5.41) is 11.5. The molecule has 0 atom stereocenters. The van der Waals surface area contributed by atoms with Crippen LogP contribution < -0.4 is 5.32 Å². The second-order valence-electron chi connectivity index (χ2n) is 4.31. The second-order valence-corrected chi connectivity index (χ2v) is 4.31. The fourth-order valence-electron chi connectivity index (χ4n) is 2.16. The van der Waals surface area contributed by atoms with Gasteiger partial charge < -0.3 is 9.88 Å². The number of rotatable bonds is 4. The van der Waals surface area contributed by atoms with E-state index in [0.29, 0.717) is 0 Å². The Morgan fingerprint density at radius 1 is 1.33 bits per heavy atom. The van der Waals surface area contributed by atoms with Gasteiger partial charge >= 0.3 is 0 Å². The minimum absolute atomic E-state index is 0.837. The molecule has 92 valence electrons. The first-order valence-electron chi connectivity index (χ1n) is 6.18. The number of nitrogens with zero attached hydrogens (tertiary/aromatic N) is 2. The fraction of sp³-hybridized carbons (Fsp3) is 0.214. The highest BCUT2D eigenvalue weighted by Crippen LogP contribution is 2.17. The van der Waals surface area contributed by atoms with E-state index in [1.165, 1.54) is 5.69 Å². The maximum atomic E-state index is 4.02. The van der Waals surface area contributed by atoms with Gasteiger partial charge in [-0.15, -0.1) is 0 Å². The minimum Gasteiger partial charge on any atom is -0.379 e. The highest BCUT2D eigenvalue weighted by atomic mass is 15.1. The van der Waals surface area contributed by atoms with Crippen LogP contribution in [0.5, 0.6) is 0 Å². The van der Waals surface area contributed by atoms with Crippen LogP contribution >= 0.6 is 0 Å². The normalized spacial score (nSPS) is 10.9. The number of hydrogen-bond acceptors (Lipinski definition) is 2. The Kier molecular flexibility index (Phi) is 2.76. The third-order valence-corrected chi connectivity index (χ3v) is 3.18. The molecule has 0 radical (unpaired) electrons. The highest BCUT2D eigenvalue weighted by Gasteiger charge is 2.00. The van der Waals surface area contributed by atoms with Crippen molar-refractivity contribution in [1.82, 2.24) is 14.8 Å². The SMILES string of the molecule is CCn1cccc1CNc1ccc2[nH]ncc2c1. The van der Waals surface area contributed by atoms with Crippen molar-refractivity contribution < 1.29 is 0 Å². The van der Waals surface area contributed by atoms with Crippen LogP contribution in [-0.2, 0) is 13.1 Å². The van der Waals surface area contributed by atoms with E-state index >= 15 is 0 Å². The van der Waals surface area contributed by atoms with E-state index in [1.807, 2.05) is 12.3 Å². The molecule has 0 fully saturated rings. The van der Waals surface area contributed by atoms with Crippen LogP contribution in [0.25, 0.3) is 10.9 Å². The van der Waals surface area contributed by atoms with E-state index in [-0.39, 0.29) is 0 Å². The van der Waals surface area contributed by atoms with E-state index in [9.17, 15) is 0 Å². The molecule has 0 aliphatic rings. The maximum absolute atomic E-state index is 4.02. The summed E-state index contributed by atoms with van der Waals surface area (Å²) in [5.41, 5.74) is 3.48. The molecule has 1 aromatic carbocycles. The molecule has 3 aromatic rings. The summed E-state index contributed by atoms with van der Waals surface area (Å²) in [5.74, 6) is 0. The number of aryl methyl sites for hydroxylation is 1. The van der Waals surface area contributed by atoms with Crippen molar-refractivity contribution >= 4 is 16.6 Å². The lowest BCUT2D eigenvalue weighted by Crippen LogP contribution is -2.05. The first kappa shape index (κ1) is 10.9. The quantitative estimate of drug-likeness (QED) is 0.736. The summed E-state index contributed by atoms with van der Waals surface area (Å²) < 4.78 is 2.24. The number of aromatic amines is 1. The standard InChI is InChI=1S/C14H16N4/c1-2-18-7-3-4-13(18)10-15-12-5-6-14-11(8-12)9-16-17-14/h3-9,15H,2,10H2,1H3,(H,16,17). The van der Waals surface area contributed by atoms with Crippen molar-refractivity contribution in [3.8, 4) is 0 Å². The van der Waals surface area contributed by atoms with Crippen LogP contribution in [0.1, 0.15) is 12.6 Å². The molecule has 2 heterocycles. The molecular formula is C14H16N4. The van der Waals surface area contributed by atoms with Gasteiger partial charge in [0.2, 0.25) is 0 Å². The summed E-state index contributed by atoms with van der Waals surface area (Å²) in [7, 11) is 0. The summed E-state index contributed by atoms with van der Waals surface area (Å²) >= 11 is 0. The van der Waals surface area contributed by atoms with E-state index in [4.69, 9.17) is 0 Å². The zero-order valence-corrected chi connectivity index (χ0v) is 10.4. The second kappa shape index (κ2) is 4.56. The van der Waals surface area contributed by atoms with Crippen LogP contribution in [0.15, 0.2) is 42.7 Å². The Morgan fingerprint density at radius 2 is 2.28 bits per heavy atom. The summed E-state index contributed by atoms with van der Waals surface area (Å²) in [6.45, 7) is 4.00. The number of aromatic nitrogens is 3. The Hall–Kier alpha value is -2.23. The zero-order chi connectivity index (χ0) is 12.4. The molecule has 2 N–H and O–H groups in total. The van der Waals surface area contributed by atoms with Gasteiger partial charge in [-0.25, -0.2) is 0 Å². The molecule has 2 aromatic heterocycles. The van der Waals surface area contributed by atoms with Crippen LogP contribution in [0.3, 0.4) is 0 Å². The molecule has 4 nitrogen and oxygen atoms in total. The summed E-state index contributed by atoms with van der Waals surface area (Å²) in [4.78, 5) is 0. The van der Waals surface area contributed by atoms with Gasteiger partial charge in [0.25, 0.3) is 0 Å². The lowest BCUT2D eigenvalue weighted by atomic mass is 10.2. The highest BCUT2D eigenvalue weighted by molar-refractivity contribution is 5.81. The molecule has 0 saturated heterocycles. The van der Waals surface area contributed by atoms with Crippen LogP contribution in [0.2, 0.25) is 0 Å². The van der Waals surface area contributed by atoms with Gasteiger partial charge in [-0.2, -0.15) is 5.10 Å². The molecule has 0 aliphatic heterocycles. The molecule has 0 bridgehead atoms. The largest absolute Gasteiger partial charge is 0.379 e. The minimum atomic E-state index is 0.837. The molecule has 0 aliphatic carbocycles. The van der Waals surface area contributed by atoms with Gasteiger partial charge in [-0.05, 0) is 37.3 Å². The topological polar surface area (TPSA) is 45.6 Å². The van der Waals surface area contributed by atoms with Crippen LogP contribution in [0, 0.1) is 0 Å². The predicted octanol–water partition coefficient (Wildman–Crippen LogP) is 3.00. The van der Waals surface area contributed by atoms with E-state index in [1.54, 1.807) is 0 Å². The molecule has 0 amide bonds. The summed E-state index contributed by atoms with van der Waals surface area (Å²) in [6.07, 6.45) is 3.95. The van der Waals surface area contributed by atoms with Crippen molar-refractivity contribution in [2.24, 2.45) is 0 Å². The summed E-state index contributed by atoms with van der Waals surface area (Å²) in [6, 6.07) is 10.5. The van der Waals surface area contributed by atoms with Crippen LogP contribution in [0.4, 0.5) is 5.69 Å². The molecular weight excluding hydrogens is 224 g/mol. The molecule has 3 rings (SSSR count). The van der Waals surface area contributed by atoms with Gasteiger partial charge in [-0.3, -0.25) is 5.10 Å². The molecule has 0 saturated carbocycles. The number of fused-ring (bicyclic) bond motifs is 1. The van der Waals surface area contributed by atoms with Crippen molar-refractivity contribution in [3.63, 3.8) is 0 Å². The maximum Gasteiger partial charge on any atom is 0.0651 e. The van der Waals surface area contributed by atoms with E-state index in [2.05, 4.69) is 57.5 Å². The zero-order valence-electron chi connectivity index (χ0n) is 10.4. The molecule has 0 spiro atoms. The Labute approximate surface area is 106 Å². The number of hydrogen-bond donors (Lipinski definition) is 2. The van der Waals surface area contributed by atoms with Gasteiger partial charge in [0.05, 0.1) is 18.3 Å². The first-order valence-corrected chi connectivity index (χ1v) is 6.18. The molecule has 4 heteroatoms. The average Bonchev–Trinajstić information content (AvgIpc) is 3.04. The first-order chi connectivity index (χ1) is 8.86. The number of anilines is 1. The average molecular weight is 240 g/mol. The van der Waals surface area contributed by atoms with Crippen molar-refractivity contribution in [2.45, 2.75) is 20.0 Å². The lowest BCUT2D eigenvalue weighted by Gasteiger charge is -2.09. The van der Waals surface area contributed by atoms with Gasteiger partial charge in [0.1, 0.15) is 0 Å². The smallest absolute Gasteiger partial charge is 0.0651 e. The Morgan fingerprint density at radius 3 is 3.17 bits per heavy atom. The van der Waals surface area contributed by atoms with E-state index < -0.39 is 0 Å². The van der Waals surface area contributed by atoms with Gasteiger partial charge in [0, 0.05) is 29.5 Å². The Balaban J connectivity index is 1.76. The van der Waals surface area contributed by atoms with Crippen molar-refractivity contribution in [3.05, 3.63) is 48.4 Å². The third-order valence-electron chi connectivity index (χ3n) is 3.18. The van der Waals surface area contributed by atoms with Crippen molar-refractivity contribution in [1.29, 1.82) is 0 Å². The fourth-order valence-corrected chi connectivity index (χ4v) is 2.16. The number of nitrogens with one attached hydrogen (secondary N) is 2. The predicted molar refractivity (Wildman–Crippen MR) is 73.5 cm³/mol. The monoisotopic (exact) mass is 240 g/mol. The lowest BCUT2D eigenvalue weighted by molar-refractivity contribution is 0.724. The van der Waals surface area contributed by atoms with E-state index in [0.717, 1.165) is 29.7 Å². The third kappa shape index (κ3) is 1.97. The van der Waals surface area contributed by atoms with Crippen molar-refractivity contribution in [2.75, 3.05) is 5.32 Å². The number of H-pyrrole nitrogens is 1. The Bertz CT molecular complexity index is 650.